The molecule has 0 aromatic heterocycles. The smallest absolute Gasteiger partial charge is 0.0680 e. The van der Waals surface area contributed by atoms with Crippen molar-refractivity contribution in [3.8, 4) is 0 Å². The Labute approximate surface area is 165 Å². The Morgan fingerprint density at radius 3 is 2.19 bits per heavy atom. The van der Waals surface area contributed by atoms with Gasteiger partial charge in [-0.1, -0.05) is 60.3 Å². The molecule has 0 atom stereocenters. The first kappa shape index (κ1) is 16.0. The fourth-order valence-electron chi connectivity index (χ4n) is 3.67. The molecule has 0 bridgehead atoms. The number of fused-ring (bicyclic) bond motifs is 4. The van der Waals surface area contributed by atoms with Gasteiger partial charge in [0.25, 0.3) is 0 Å². The number of hydrogen-bond acceptors (Lipinski definition) is 2. The lowest BCUT2D eigenvalue weighted by atomic mass is 10.0. The van der Waals surface area contributed by atoms with Crippen LogP contribution < -0.4 is 4.90 Å². The summed E-state index contributed by atoms with van der Waals surface area (Å²) in [6.45, 7) is 2.20. The molecule has 1 aliphatic heterocycles. The van der Waals surface area contributed by atoms with Gasteiger partial charge in [-0.15, -0.1) is 0 Å². The van der Waals surface area contributed by atoms with Crippen molar-refractivity contribution in [2.75, 3.05) is 4.90 Å². The molecule has 126 valence electrons. The molecule has 3 heteroatoms. The van der Waals surface area contributed by atoms with Gasteiger partial charge in [0.2, 0.25) is 0 Å². The van der Waals surface area contributed by atoms with Gasteiger partial charge in [0.15, 0.2) is 0 Å². The highest BCUT2D eigenvalue weighted by Crippen LogP contribution is 2.55. The third kappa shape index (κ3) is 2.38. The van der Waals surface area contributed by atoms with Crippen LogP contribution in [-0.4, -0.2) is 0 Å². The molecule has 26 heavy (non-hydrogen) atoms. The van der Waals surface area contributed by atoms with Crippen molar-refractivity contribution in [2.45, 2.75) is 16.7 Å². The average Bonchev–Trinajstić information content (AvgIpc) is 2.67. The largest absolute Gasteiger partial charge is 0.306 e. The zero-order valence-electron chi connectivity index (χ0n) is 14.2. The van der Waals surface area contributed by atoms with E-state index in [4.69, 9.17) is 0 Å². The number of benzene rings is 4. The normalized spacial score (nSPS) is 12.8. The van der Waals surface area contributed by atoms with Crippen LogP contribution >= 0.6 is 27.7 Å². The quantitative estimate of drug-likeness (QED) is 0.273. The van der Waals surface area contributed by atoms with Crippen LogP contribution in [0.2, 0.25) is 0 Å². The second-order valence-electron chi connectivity index (χ2n) is 6.44. The molecule has 4 aromatic carbocycles. The summed E-state index contributed by atoms with van der Waals surface area (Å²) in [5.74, 6) is 0. The maximum Gasteiger partial charge on any atom is 0.0680 e. The van der Waals surface area contributed by atoms with Gasteiger partial charge in [-0.3, -0.25) is 0 Å². The molecule has 1 heterocycles. The van der Waals surface area contributed by atoms with Gasteiger partial charge in [0.05, 0.1) is 17.1 Å². The average molecular weight is 418 g/mol. The van der Waals surface area contributed by atoms with Gasteiger partial charge in [0.1, 0.15) is 0 Å². The van der Waals surface area contributed by atoms with Gasteiger partial charge >= 0.3 is 0 Å². The molecule has 0 N–H and O–H groups in total. The highest BCUT2D eigenvalue weighted by Gasteiger charge is 2.28. The number of hydrogen-bond donors (Lipinski definition) is 0. The second kappa shape index (κ2) is 6.19. The number of anilines is 3. The molecule has 0 unspecified atom stereocenters. The SMILES string of the molecule is Cc1cc2c(c3ccccc13)N(c1ccccc1Br)c1ccccc1S2. The fraction of sp³-hybridized carbons (Fsp3) is 0.0435. The molecule has 0 fully saturated rings. The molecule has 0 spiro atoms. The Morgan fingerprint density at radius 1 is 0.731 bits per heavy atom. The summed E-state index contributed by atoms with van der Waals surface area (Å²) in [6.07, 6.45) is 0. The zero-order valence-corrected chi connectivity index (χ0v) is 16.6. The van der Waals surface area contributed by atoms with E-state index in [1.807, 2.05) is 11.8 Å². The van der Waals surface area contributed by atoms with E-state index in [1.165, 1.54) is 37.5 Å². The second-order valence-corrected chi connectivity index (χ2v) is 8.38. The molecule has 0 saturated carbocycles. The predicted molar refractivity (Wildman–Crippen MR) is 115 cm³/mol. The lowest BCUT2D eigenvalue weighted by molar-refractivity contribution is 1.17. The first-order chi connectivity index (χ1) is 12.7. The third-order valence-corrected chi connectivity index (χ3v) is 6.60. The van der Waals surface area contributed by atoms with E-state index in [-0.39, 0.29) is 0 Å². The maximum absolute atomic E-state index is 3.77. The minimum Gasteiger partial charge on any atom is -0.306 e. The zero-order chi connectivity index (χ0) is 17.7. The first-order valence-electron chi connectivity index (χ1n) is 8.58. The van der Waals surface area contributed by atoms with E-state index in [1.54, 1.807) is 0 Å². The van der Waals surface area contributed by atoms with E-state index in [0.29, 0.717) is 0 Å². The van der Waals surface area contributed by atoms with Crippen LogP contribution in [0.5, 0.6) is 0 Å². The molecule has 0 amide bonds. The molecule has 0 radical (unpaired) electrons. The minimum absolute atomic E-state index is 1.09. The van der Waals surface area contributed by atoms with Crippen molar-refractivity contribution >= 4 is 55.5 Å². The maximum atomic E-state index is 3.77. The summed E-state index contributed by atoms with van der Waals surface area (Å²) in [5.41, 5.74) is 4.97. The standard InChI is InChI=1S/C23H16BrNS/c1-15-14-22-23(17-9-3-2-8-16(15)17)25(19-11-5-4-10-18(19)24)20-12-6-7-13-21(20)26-22/h2-14H,1H3. The highest BCUT2D eigenvalue weighted by molar-refractivity contribution is 9.10. The molecule has 0 aliphatic carbocycles. The summed E-state index contributed by atoms with van der Waals surface area (Å²) < 4.78 is 1.09. The molecule has 0 saturated heterocycles. The van der Waals surface area contributed by atoms with Crippen molar-refractivity contribution in [2.24, 2.45) is 0 Å². The fourth-order valence-corrected chi connectivity index (χ4v) is 5.31. The minimum atomic E-state index is 1.09. The van der Waals surface area contributed by atoms with Gasteiger partial charge in [0, 0.05) is 19.6 Å². The molecular formula is C23H16BrNS. The van der Waals surface area contributed by atoms with Crippen LogP contribution in [0.25, 0.3) is 10.8 Å². The molecule has 5 rings (SSSR count). The van der Waals surface area contributed by atoms with Crippen molar-refractivity contribution < 1.29 is 0 Å². The lowest BCUT2D eigenvalue weighted by Crippen LogP contribution is -2.16. The van der Waals surface area contributed by atoms with Crippen LogP contribution in [0.1, 0.15) is 5.56 Å². The van der Waals surface area contributed by atoms with Crippen molar-refractivity contribution in [3.05, 3.63) is 88.9 Å². The number of nitrogens with zero attached hydrogens (tertiary/aromatic N) is 1. The summed E-state index contributed by atoms with van der Waals surface area (Å²) in [7, 11) is 0. The van der Waals surface area contributed by atoms with E-state index in [9.17, 15) is 0 Å². The molecule has 1 nitrogen and oxygen atoms in total. The Balaban J connectivity index is 1.91. The van der Waals surface area contributed by atoms with Gasteiger partial charge in [-0.2, -0.15) is 0 Å². The lowest BCUT2D eigenvalue weighted by Gasteiger charge is -2.34. The van der Waals surface area contributed by atoms with Crippen molar-refractivity contribution in [1.82, 2.24) is 0 Å². The van der Waals surface area contributed by atoms with E-state index in [2.05, 4.69) is 107 Å². The molecule has 1 aliphatic rings. The topological polar surface area (TPSA) is 3.24 Å². The van der Waals surface area contributed by atoms with Gasteiger partial charge in [-0.05, 0) is 64.1 Å². The van der Waals surface area contributed by atoms with Gasteiger partial charge < -0.3 is 4.90 Å². The van der Waals surface area contributed by atoms with Crippen LogP contribution in [0.4, 0.5) is 17.1 Å². The number of rotatable bonds is 1. The van der Waals surface area contributed by atoms with E-state index < -0.39 is 0 Å². The number of halogens is 1. The highest BCUT2D eigenvalue weighted by atomic mass is 79.9. The molecule has 4 aromatic rings. The van der Waals surface area contributed by atoms with Crippen molar-refractivity contribution in [1.29, 1.82) is 0 Å². The van der Waals surface area contributed by atoms with Crippen molar-refractivity contribution in [3.63, 3.8) is 0 Å². The Hall–Kier alpha value is -2.23. The van der Waals surface area contributed by atoms with E-state index >= 15 is 0 Å². The third-order valence-electron chi connectivity index (χ3n) is 4.83. The summed E-state index contributed by atoms with van der Waals surface area (Å²) in [4.78, 5) is 4.98. The number of para-hydroxylation sites is 2. The summed E-state index contributed by atoms with van der Waals surface area (Å²) in [6, 6.07) is 28.1. The first-order valence-corrected chi connectivity index (χ1v) is 10.2. The van der Waals surface area contributed by atoms with Crippen LogP contribution in [-0.2, 0) is 0 Å². The number of aryl methyl sites for hydroxylation is 1. The van der Waals surface area contributed by atoms with Crippen LogP contribution in [0, 0.1) is 6.92 Å². The molecular weight excluding hydrogens is 402 g/mol. The summed E-state index contributed by atoms with van der Waals surface area (Å²) >= 11 is 5.62. The summed E-state index contributed by atoms with van der Waals surface area (Å²) in [5, 5.41) is 2.60. The van der Waals surface area contributed by atoms with Gasteiger partial charge in [-0.25, -0.2) is 0 Å². The Kier molecular flexibility index (Phi) is 3.80. The van der Waals surface area contributed by atoms with E-state index in [0.717, 1.165) is 10.2 Å². The van der Waals surface area contributed by atoms with Crippen LogP contribution in [0.3, 0.4) is 0 Å². The Morgan fingerprint density at radius 2 is 1.38 bits per heavy atom. The van der Waals surface area contributed by atoms with Crippen LogP contribution in [0.15, 0.2) is 93.1 Å². The predicted octanol–water partition coefficient (Wildman–Crippen LogP) is 7.85. The monoisotopic (exact) mass is 417 g/mol. The Bertz CT molecular complexity index is 1140.